The highest BCUT2D eigenvalue weighted by molar-refractivity contribution is 6.06. The van der Waals surface area contributed by atoms with Gasteiger partial charge in [0.2, 0.25) is 0 Å². The van der Waals surface area contributed by atoms with Crippen LogP contribution in [0.25, 0.3) is 0 Å². The molecule has 0 rings (SSSR count). The number of carbonyl (C=O) groups is 4. The third-order valence-electron chi connectivity index (χ3n) is 6.03. The van der Waals surface area contributed by atoms with Crippen LogP contribution in [0.5, 0.6) is 0 Å². The first-order chi connectivity index (χ1) is 17.3. The van der Waals surface area contributed by atoms with E-state index in [1.54, 1.807) is 6.92 Å². The van der Waals surface area contributed by atoms with E-state index in [1.807, 2.05) is 0 Å². The molecule has 0 radical (unpaired) electrons. The number of esters is 3. The maximum absolute atomic E-state index is 13.1. The Morgan fingerprint density at radius 3 is 1.58 bits per heavy atom. The van der Waals surface area contributed by atoms with Gasteiger partial charge in [-0.3, -0.25) is 14.4 Å². The Labute approximate surface area is 217 Å². The van der Waals surface area contributed by atoms with Crippen molar-refractivity contribution in [1.82, 2.24) is 0 Å². The van der Waals surface area contributed by atoms with Crippen molar-refractivity contribution in [2.75, 3.05) is 19.8 Å². The molecule has 0 spiro atoms. The summed E-state index contributed by atoms with van der Waals surface area (Å²) in [6.45, 7) is 8.15. The van der Waals surface area contributed by atoms with E-state index < -0.39 is 41.6 Å². The molecule has 0 fully saturated rings. The van der Waals surface area contributed by atoms with Crippen LogP contribution in [0.2, 0.25) is 0 Å². The zero-order chi connectivity index (χ0) is 27.2. The van der Waals surface area contributed by atoms with Crippen LogP contribution in [0.1, 0.15) is 124 Å². The smallest absolute Gasteiger partial charge is 0.340 e. The van der Waals surface area contributed by atoms with Crippen molar-refractivity contribution in [2.45, 2.75) is 130 Å². The van der Waals surface area contributed by atoms with Gasteiger partial charge in [0.1, 0.15) is 0 Å². The summed E-state index contributed by atoms with van der Waals surface area (Å²) in [6, 6.07) is 0. The summed E-state index contributed by atoms with van der Waals surface area (Å²) >= 11 is 0. The van der Waals surface area contributed by atoms with E-state index in [1.165, 1.54) is 0 Å². The van der Waals surface area contributed by atoms with E-state index in [0.717, 1.165) is 57.8 Å². The minimum atomic E-state index is -2.68. The van der Waals surface area contributed by atoms with E-state index in [-0.39, 0.29) is 26.2 Å². The number of ether oxygens (including phenoxy) is 3. The molecule has 0 aromatic rings. The second kappa shape index (κ2) is 21.2. The highest BCUT2D eigenvalue weighted by Gasteiger charge is 2.55. The molecule has 0 amide bonds. The van der Waals surface area contributed by atoms with Crippen molar-refractivity contribution in [1.29, 1.82) is 0 Å². The largest absolute Gasteiger partial charge is 0.466 e. The van der Waals surface area contributed by atoms with E-state index in [4.69, 9.17) is 14.2 Å². The first kappa shape index (κ1) is 34.0. The van der Waals surface area contributed by atoms with Gasteiger partial charge in [-0.15, -0.1) is 0 Å². The summed E-state index contributed by atoms with van der Waals surface area (Å²) in [4.78, 5) is 51.7. The van der Waals surface area contributed by atoms with Crippen molar-refractivity contribution in [3.05, 3.63) is 0 Å². The number of hydrogen-bond donors (Lipinski definition) is 1. The minimum Gasteiger partial charge on any atom is -0.466 e. The Kier molecular flexibility index (Phi) is 20.0. The molecule has 0 aromatic heterocycles. The van der Waals surface area contributed by atoms with Gasteiger partial charge in [0.25, 0.3) is 0 Å². The summed E-state index contributed by atoms with van der Waals surface area (Å²) < 4.78 is 15.8. The molecule has 0 aliphatic heterocycles. The van der Waals surface area contributed by atoms with E-state index >= 15 is 0 Å². The average molecular weight is 515 g/mol. The predicted octanol–water partition coefficient (Wildman–Crippen LogP) is 5.46. The van der Waals surface area contributed by atoms with Crippen molar-refractivity contribution < 1.29 is 38.5 Å². The van der Waals surface area contributed by atoms with Gasteiger partial charge in [0.15, 0.2) is 17.3 Å². The quantitative estimate of drug-likeness (QED) is 0.0826. The van der Waals surface area contributed by atoms with Gasteiger partial charge in [0, 0.05) is 6.42 Å². The maximum atomic E-state index is 13.1. The molecule has 36 heavy (non-hydrogen) atoms. The van der Waals surface area contributed by atoms with Crippen molar-refractivity contribution in [3.63, 3.8) is 0 Å². The van der Waals surface area contributed by atoms with Gasteiger partial charge in [-0.2, -0.15) is 0 Å². The first-order valence-corrected chi connectivity index (χ1v) is 14.0. The van der Waals surface area contributed by atoms with E-state index in [9.17, 15) is 24.3 Å². The molecule has 2 unspecified atom stereocenters. The zero-order valence-corrected chi connectivity index (χ0v) is 23.1. The molecule has 0 saturated carbocycles. The van der Waals surface area contributed by atoms with Crippen LogP contribution in [0.4, 0.5) is 0 Å². The molecule has 8 nitrogen and oxygen atoms in total. The SMILES string of the molecule is CCCCCCOC(=O)CC(O)(C(=O)OCCCCCC)C(C(=O)CCC)C(=O)OCCCCCC. The number of Topliss-reactive ketones (excluding diaryl/α,β-unsaturated/α-hetero) is 1. The molecule has 0 heterocycles. The Morgan fingerprint density at radius 2 is 1.11 bits per heavy atom. The van der Waals surface area contributed by atoms with Crippen molar-refractivity contribution in [2.24, 2.45) is 5.92 Å². The molecular weight excluding hydrogens is 464 g/mol. The lowest BCUT2D eigenvalue weighted by Crippen LogP contribution is -2.55. The van der Waals surface area contributed by atoms with E-state index in [0.29, 0.717) is 25.7 Å². The van der Waals surface area contributed by atoms with Crippen molar-refractivity contribution in [3.8, 4) is 0 Å². The Hall–Kier alpha value is -1.96. The van der Waals surface area contributed by atoms with Crippen LogP contribution in [0.3, 0.4) is 0 Å². The summed E-state index contributed by atoms with van der Waals surface area (Å²) in [5, 5.41) is 11.5. The summed E-state index contributed by atoms with van der Waals surface area (Å²) in [6.07, 6.45) is 9.90. The number of carbonyl (C=O) groups excluding carboxylic acids is 4. The third-order valence-corrected chi connectivity index (χ3v) is 6.03. The number of hydrogen-bond acceptors (Lipinski definition) is 8. The lowest BCUT2D eigenvalue weighted by molar-refractivity contribution is -0.188. The summed E-state index contributed by atoms with van der Waals surface area (Å²) in [5.74, 6) is -5.54. The fourth-order valence-corrected chi connectivity index (χ4v) is 3.87. The second-order valence-electron chi connectivity index (χ2n) is 9.46. The third kappa shape index (κ3) is 14.0. The molecule has 8 heteroatoms. The fourth-order valence-electron chi connectivity index (χ4n) is 3.87. The molecule has 210 valence electrons. The van der Waals surface area contributed by atoms with Gasteiger partial charge < -0.3 is 19.3 Å². The van der Waals surface area contributed by atoms with Crippen LogP contribution in [0.15, 0.2) is 0 Å². The van der Waals surface area contributed by atoms with Crippen LogP contribution in [-0.4, -0.2) is 54.2 Å². The minimum absolute atomic E-state index is 0.0218. The molecule has 0 bridgehead atoms. The molecule has 1 N–H and O–H groups in total. The topological polar surface area (TPSA) is 116 Å². The van der Waals surface area contributed by atoms with Gasteiger partial charge >= 0.3 is 17.9 Å². The molecule has 0 aliphatic carbocycles. The predicted molar refractivity (Wildman–Crippen MR) is 138 cm³/mol. The Balaban J connectivity index is 5.63. The normalized spacial score (nSPS) is 13.5. The van der Waals surface area contributed by atoms with Gasteiger partial charge in [-0.1, -0.05) is 85.5 Å². The van der Waals surface area contributed by atoms with Gasteiger partial charge in [-0.05, 0) is 25.7 Å². The van der Waals surface area contributed by atoms with Crippen molar-refractivity contribution >= 4 is 23.7 Å². The molecule has 0 aromatic carbocycles. The van der Waals surface area contributed by atoms with Crippen LogP contribution >= 0.6 is 0 Å². The highest BCUT2D eigenvalue weighted by Crippen LogP contribution is 2.29. The number of rotatable bonds is 23. The van der Waals surface area contributed by atoms with Gasteiger partial charge in [0.05, 0.1) is 26.2 Å². The molecule has 0 aliphatic rings. The first-order valence-electron chi connectivity index (χ1n) is 14.0. The Bertz CT molecular complexity index is 633. The fraction of sp³-hybridized carbons (Fsp3) is 0.857. The lowest BCUT2D eigenvalue weighted by Gasteiger charge is -2.31. The monoisotopic (exact) mass is 514 g/mol. The summed E-state index contributed by atoms with van der Waals surface area (Å²) in [5.41, 5.74) is -2.68. The van der Waals surface area contributed by atoms with Crippen LogP contribution in [0, 0.1) is 5.92 Å². The van der Waals surface area contributed by atoms with Crippen LogP contribution in [-0.2, 0) is 33.4 Å². The van der Waals surface area contributed by atoms with Crippen LogP contribution < -0.4 is 0 Å². The zero-order valence-electron chi connectivity index (χ0n) is 23.1. The van der Waals surface area contributed by atoms with Gasteiger partial charge in [-0.25, -0.2) is 4.79 Å². The molecule has 0 saturated heterocycles. The molecule has 2 atom stereocenters. The highest BCUT2D eigenvalue weighted by atomic mass is 16.6. The second-order valence-corrected chi connectivity index (χ2v) is 9.46. The van der Waals surface area contributed by atoms with E-state index in [2.05, 4.69) is 20.8 Å². The maximum Gasteiger partial charge on any atom is 0.340 e. The number of aliphatic hydroxyl groups is 1. The number of ketones is 1. The average Bonchev–Trinajstić information content (AvgIpc) is 2.83. The standard InChI is InChI=1S/C28H50O8/c1-5-9-12-15-19-34-24(30)22-28(33,27(32)36-21-17-14-11-7-3)25(23(29)18-8-4)26(31)35-20-16-13-10-6-2/h25,33H,5-22H2,1-4H3. The summed E-state index contributed by atoms with van der Waals surface area (Å²) in [7, 11) is 0. The Morgan fingerprint density at radius 1 is 0.639 bits per heavy atom. The molecular formula is C28H50O8. The lowest BCUT2D eigenvalue weighted by atomic mass is 9.80. The number of unbranched alkanes of at least 4 members (excludes halogenated alkanes) is 9.